The molecule has 0 spiro atoms. The van der Waals surface area contributed by atoms with E-state index in [0.29, 0.717) is 0 Å². The molecule has 0 unspecified atom stereocenters. The van der Waals surface area contributed by atoms with E-state index < -0.39 is 0 Å². The van der Waals surface area contributed by atoms with E-state index in [2.05, 4.69) is 30.8 Å². The Balaban J connectivity index is 0.000000133. The summed E-state index contributed by atoms with van der Waals surface area (Å²) in [6, 6.07) is 4.83. The van der Waals surface area contributed by atoms with Gasteiger partial charge in [-0.25, -0.2) is 4.98 Å². The normalized spacial score (nSPS) is 20.6. The molecule has 120 valence electrons. The van der Waals surface area contributed by atoms with Crippen molar-refractivity contribution >= 4 is 27.0 Å². The third kappa shape index (κ3) is 4.09. The Bertz CT molecular complexity index is 558. The number of morpholine rings is 1. The Kier molecular flexibility index (Phi) is 5.87. The van der Waals surface area contributed by atoms with Crippen LogP contribution in [0, 0.1) is 0 Å². The van der Waals surface area contributed by atoms with Crippen molar-refractivity contribution in [3.8, 4) is 0 Å². The van der Waals surface area contributed by atoms with Gasteiger partial charge in [-0.1, -0.05) is 19.3 Å². The number of fused-ring (bicyclic) bond motifs is 1. The van der Waals surface area contributed by atoms with Crippen molar-refractivity contribution < 1.29 is 4.74 Å². The molecule has 5 heteroatoms. The van der Waals surface area contributed by atoms with Gasteiger partial charge in [0.2, 0.25) is 0 Å². The molecule has 0 aromatic carbocycles. The van der Waals surface area contributed by atoms with E-state index in [0.717, 1.165) is 34.8 Å². The molecular weight excluding hydrogens is 342 g/mol. The molecule has 4 rings (SSSR count). The molecule has 1 aliphatic carbocycles. The summed E-state index contributed by atoms with van der Waals surface area (Å²) in [6.45, 7) is 4.25. The van der Waals surface area contributed by atoms with Crippen LogP contribution in [0.2, 0.25) is 0 Å². The zero-order valence-corrected chi connectivity index (χ0v) is 14.5. The summed E-state index contributed by atoms with van der Waals surface area (Å²) >= 11 is 3.40. The number of rotatable bonds is 1. The van der Waals surface area contributed by atoms with E-state index in [4.69, 9.17) is 4.74 Å². The third-order valence-electron chi connectivity index (χ3n) is 4.54. The molecule has 0 atom stereocenters. The lowest BCUT2D eigenvalue weighted by atomic mass is 9.94. The monoisotopic (exact) mass is 365 g/mol. The van der Waals surface area contributed by atoms with E-state index >= 15 is 0 Å². The number of hydrogen-bond donors (Lipinski definition) is 1. The molecule has 0 radical (unpaired) electrons. The van der Waals surface area contributed by atoms with Crippen LogP contribution in [-0.4, -0.2) is 47.2 Å². The van der Waals surface area contributed by atoms with Crippen LogP contribution >= 0.6 is 15.9 Å². The number of nitrogens with zero attached hydrogens (tertiary/aromatic N) is 2. The average Bonchev–Trinajstić information content (AvgIpc) is 2.99. The number of aromatic nitrogens is 2. The first-order valence-electron chi connectivity index (χ1n) is 8.24. The highest BCUT2D eigenvalue weighted by Crippen LogP contribution is 2.23. The Hall–Kier alpha value is -0.910. The van der Waals surface area contributed by atoms with Gasteiger partial charge < -0.3 is 9.72 Å². The zero-order valence-electron chi connectivity index (χ0n) is 12.9. The first-order valence-corrected chi connectivity index (χ1v) is 9.03. The van der Waals surface area contributed by atoms with Gasteiger partial charge in [0, 0.05) is 41.4 Å². The summed E-state index contributed by atoms with van der Waals surface area (Å²) in [6.07, 6.45) is 10.9. The zero-order chi connectivity index (χ0) is 15.2. The van der Waals surface area contributed by atoms with Crippen molar-refractivity contribution in [3.05, 3.63) is 29.0 Å². The fraction of sp³-hybridized carbons (Fsp3) is 0.588. The number of pyridine rings is 1. The van der Waals surface area contributed by atoms with Crippen molar-refractivity contribution in [2.45, 2.75) is 38.1 Å². The topological polar surface area (TPSA) is 41.2 Å². The molecular formula is C17H24BrN3O. The van der Waals surface area contributed by atoms with Gasteiger partial charge in [0.25, 0.3) is 0 Å². The highest BCUT2D eigenvalue weighted by Gasteiger charge is 2.22. The fourth-order valence-corrected chi connectivity index (χ4v) is 3.75. The minimum absolute atomic E-state index is 0.891. The molecule has 2 fully saturated rings. The Morgan fingerprint density at radius 3 is 2.68 bits per heavy atom. The van der Waals surface area contributed by atoms with Crippen LogP contribution in [-0.2, 0) is 4.74 Å². The van der Waals surface area contributed by atoms with E-state index in [1.54, 1.807) is 6.20 Å². The van der Waals surface area contributed by atoms with Crippen LogP contribution in [0.1, 0.15) is 32.1 Å². The summed E-state index contributed by atoms with van der Waals surface area (Å²) in [5.41, 5.74) is 0.925. The second kappa shape index (κ2) is 8.09. The van der Waals surface area contributed by atoms with Gasteiger partial charge in [-0.05, 0) is 40.9 Å². The molecule has 22 heavy (non-hydrogen) atoms. The standard InChI is InChI=1S/C10H19NO.C7H5BrN2/c1-2-4-10(5-3-1)11-6-8-12-9-7-11;8-6-4-10-7-5(6)2-1-3-9-7/h10H,1-9H2;1-4H,(H,9,10). The first-order chi connectivity index (χ1) is 10.8. The maximum atomic E-state index is 5.35. The van der Waals surface area contributed by atoms with Gasteiger partial charge in [-0.3, -0.25) is 4.90 Å². The van der Waals surface area contributed by atoms with Crippen molar-refractivity contribution in [1.82, 2.24) is 14.9 Å². The second-order valence-electron chi connectivity index (χ2n) is 5.98. The molecule has 1 saturated heterocycles. The average molecular weight is 366 g/mol. The van der Waals surface area contributed by atoms with E-state index in [9.17, 15) is 0 Å². The summed E-state index contributed by atoms with van der Waals surface area (Å²) < 4.78 is 6.41. The van der Waals surface area contributed by atoms with E-state index in [-0.39, 0.29) is 0 Å². The highest BCUT2D eigenvalue weighted by molar-refractivity contribution is 9.10. The smallest absolute Gasteiger partial charge is 0.138 e. The van der Waals surface area contributed by atoms with Crippen LogP contribution < -0.4 is 0 Å². The van der Waals surface area contributed by atoms with Gasteiger partial charge in [0.05, 0.1) is 13.2 Å². The maximum Gasteiger partial charge on any atom is 0.138 e. The largest absolute Gasteiger partial charge is 0.379 e. The minimum atomic E-state index is 0.891. The van der Waals surface area contributed by atoms with Crippen LogP contribution in [0.3, 0.4) is 0 Å². The predicted octanol–water partition coefficient (Wildman–Crippen LogP) is 3.98. The van der Waals surface area contributed by atoms with Gasteiger partial charge in [-0.2, -0.15) is 0 Å². The molecule has 1 aliphatic heterocycles. The maximum absolute atomic E-state index is 5.35. The molecule has 3 heterocycles. The summed E-state index contributed by atoms with van der Waals surface area (Å²) in [4.78, 5) is 9.77. The Morgan fingerprint density at radius 2 is 1.95 bits per heavy atom. The van der Waals surface area contributed by atoms with Crippen molar-refractivity contribution in [2.75, 3.05) is 26.3 Å². The third-order valence-corrected chi connectivity index (χ3v) is 5.19. The van der Waals surface area contributed by atoms with Gasteiger partial charge in [-0.15, -0.1) is 0 Å². The number of H-pyrrole nitrogens is 1. The van der Waals surface area contributed by atoms with Crippen LogP contribution in [0.15, 0.2) is 29.0 Å². The summed E-state index contributed by atoms with van der Waals surface area (Å²) in [5.74, 6) is 0. The molecule has 2 aliphatic rings. The van der Waals surface area contributed by atoms with Crippen molar-refractivity contribution in [3.63, 3.8) is 0 Å². The molecule has 0 bridgehead atoms. The molecule has 1 N–H and O–H groups in total. The highest BCUT2D eigenvalue weighted by atomic mass is 79.9. The fourth-order valence-electron chi connectivity index (χ4n) is 3.31. The molecule has 2 aromatic heterocycles. The van der Waals surface area contributed by atoms with Crippen LogP contribution in [0.5, 0.6) is 0 Å². The number of halogens is 1. The predicted molar refractivity (Wildman–Crippen MR) is 93.1 cm³/mol. The minimum Gasteiger partial charge on any atom is -0.379 e. The quantitative estimate of drug-likeness (QED) is 0.830. The lowest BCUT2D eigenvalue weighted by Crippen LogP contribution is -2.44. The summed E-state index contributed by atoms with van der Waals surface area (Å²) in [5, 5.41) is 1.13. The first kappa shape index (κ1) is 16.0. The van der Waals surface area contributed by atoms with Crippen molar-refractivity contribution in [2.24, 2.45) is 0 Å². The lowest BCUT2D eigenvalue weighted by Gasteiger charge is -2.36. The molecule has 4 nitrogen and oxygen atoms in total. The SMILES string of the molecule is Brc1c[nH]c2ncccc12.C1CCC(N2CCOCC2)CC1. The Labute approximate surface area is 140 Å². The number of nitrogens with one attached hydrogen (secondary N) is 1. The van der Waals surface area contributed by atoms with Crippen LogP contribution in [0.25, 0.3) is 11.0 Å². The second-order valence-corrected chi connectivity index (χ2v) is 6.83. The van der Waals surface area contributed by atoms with Gasteiger partial charge >= 0.3 is 0 Å². The molecule has 0 amide bonds. The number of aromatic amines is 1. The van der Waals surface area contributed by atoms with E-state index in [1.807, 2.05) is 18.3 Å². The molecule has 2 aromatic rings. The van der Waals surface area contributed by atoms with E-state index in [1.165, 1.54) is 45.2 Å². The molecule has 1 saturated carbocycles. The number of hydrogen-bond acceptors (Lipinski definition) is 3. The Morgan fingerprint density at radius 1 is 1.18 bits per heavy atom. The van der Waals surface area contributed by atoms with Crippen molar-refractivity contribution in [1.29, 1.82) is 0 Å². The van der Waals surface area contributed by atoms with Gasteiger partial charge in [0.1, 0.15) is 5.65 Å². The number of ether oxygens (including phenoxy) is 1. The summed E-state index contributed by atoms with van der Waals surface area (Å²) in [7, 11) is 0. The van der Waals surface area contributed by atoms with Gasteiger partial charge in [0.15, 0.2) is 0 Å². The van der Waals surface area contributed by atoms with Crippen LogP contribution in [0.4, 0.5) is 0 Å². The lowest BCUT2D eigenvalue weighted by molar-refractivity contribution is 0.00858.